The number of amidine groups is 1. The van der Waals surface area contributed by atoms with Crippen LogP contribution in [0, 0.1) is 5.41 Å². The van der Waals surface area contributed by atoms with Crippen molar-refractivity contribution in [1.29, 1.82) is 5.41 Å². The number of hydrogen-bond donors (Lipinski definition) is 1. The van der Waals surface area contributed by atoms with Gasteiger partial charge in [0.1, 0.15) is 11.8 Å². The number of nitrogens with zero attached hydrogens (tertiary/aromatic N) is 1. The minimum Gasteiger partial charge on any atom is -0.497 e. The monoisotopic (exact) mass is 262 g/mol. The molecule has 1 saturated heterocycles. The van der Waals surface area contributed by atoms with Gasteiger partial charge in [0.05, 0.1) is 20.1 Å². The number of nitrogens with one attached hydrogen (secondary N) is 1. The van der Waals surface area contributed by atoms with Gasteiger partial charge >= 0.3 is 5.97 Å². The lowest BCUT2D eigenvalue weighted by molar-refractivity contribution is -0.145. The average molecular weight is 262 g/mol. The third kappa shape index (κ3) is 2.86. The second kappa shape index (κ2) is 5.73. The van der Waals surface area contributed by atoms with E-state index in [1.54, 1.807) is 12.0 Å². The molecule has 1 heterocycles. The van der Waals surface area contributed by atoms with Gasteiger partial charge in [-0.1, -0.05) is 12.1 Å². The molecule has 0 spiro atoms. The van der Waals surface area contributed by atoms with Crippen LogP contribution in [0.1, 0.15) is 18.4 Å². The van der Waals surface area contributed by atoms with Gasteiger partial charge in [0.25, 0.3) is 0 Å². The molecule has 5 nitrogen and oxygen atoms in total. The lowest BCUT2D eigenvalue weighted by Crippen LogP contribution is -2.38. The zero-order valence-electron chi connectivity index (χ0n) is 11.2. The largest absolute Gasteiger partial charge is 0.497 e. The van der Waals surface area contributed by atoms with E-state index in [1.165, 1.54) is 7.11 Å². The lowest BCUT2D eigenvalue weighted by Gasteiger charge is -2.24. The molecule has 5 heteroatoms. The number of ether oxygens (including phenoxy) is 2. The molecule has 19 heavy (non-hydrogen) atoms. The molecule has 0 radical (unpaired) electrons. The number of carbonyl (C=O) groups excluding carboxylic acids is 1. The molecule has 2 rings (SSSR count). The first-order valence-electron chi connectivity index (χ1n) is 6.20. The fourth-order valence-corrected chi connectivity index (χ4v) is 2.28. The molecule has 102 valence electrons. The highest BCUT2D eigenvalue weighted by atomic mass is 16.5. The van der Waals surface area contributed by atoms with Crippen LogP contribution in [-0.4, -0.2) is 37.0 Å². The van der Waals surface area contributed by atoms with Crippen molar-refractivity contribution in [2.75, 3.05) is 14.2 Å². The average Bonchev–Trinajstić information content (AvgIpc) is 2.80. The summed E-state index contributed by atoms with van der Waals surface area (Å²) >= 11 is 0. The Morgan fingerprint density at radius 2 is 2.05 bits per heavy atom. The Morgan fingerprint density at radius 3 is 2.63 bits per heavy atom. The minimum atomic E-state index is -0.334. The Kier molecular flexibility index (Phi) is 4.04. The van der Waals surface area contributed by atoms with Gasteiger partial charge in [0.2, 0.25) is 0 Å². The number of hydrogen-bond acceptors (Lipinski definition) is 4. The van der Waals surface area contributed by atoms with Gasteiger partial charge in [-0.15, -0.1) is 0 Å². The smallest absolute Gasteiger partial charge is 0.328 e. The van der Waals surface area contributed by atoms with Crippen LogP contribution >= 0.6 is 0 Å². The van der Waals surface area contributed by atoms with Crippen molar-refractivity contribution in [1.82, 2.24) is 4.90 Å². The highest BCUT2D eigenvalue weighted by Gasteiger charge is 2.34. The van der Waals surface area contributed by atoms with Crippen LogP contribution in [0.4, 0.5) is 0 Å². The van der Waals surface area contributed by atoms with Crippen molar-refractivity contribution in [2.45, 2.75) is 25.4 Å². The number of carbonyl (C=O) groups is 1. The van der Waals surface area contributed by atoms with Crippen LogP contribution in [0.25, 0.3) is 0 Å². The highest BCUT2D eigenvalue weighted by molar-refractivity contribution is 5.89. The van der Waals surface area contributed by atoms with E-state index in [0.29, 0.717) is 25.2 Å². The fourth-order valence-electron chi connectivity index (χ4n) is 2.28. The Morgan fingerprint density at radius 1 is 1.37 bits per heavy atom. The third-order valence-corrected chi connectivity index (χ3v) is 3.36. The number of benzene rings is 1. The summed E-state index contributed by atoms with van der Waals surface area (Å²) in [6, 6.07) is 7.31. The molecule has 1 aromatic carbocycles. The highest BCUT2D eigenvalue weighted by Crippen LogP contribution is 2.23. The molecule has 0 aromatic heterocycles. The first-order valence-corrected chi connectivity index (χ1v) is 6.20. The van der Waals surface area contributed by atoms with Crippen molar-refractivity contribution in [2.24, 2.45) is 0 Å². The predicted molar refractivity (Wildman–Crippen MR) is 71.3 cm³/mol. The first-order chi connectivity index (χ1) is 9.15. The van der Waals surface area contributed by atoms with Crippen molar-refractivity contribution in [3.63, 3.8) is 0 Å². The van der Waals surface area contributed by atoms with Gasteiger partial charge < -0.3 is 14.4 Å². The summed E-state index contributed by atoms with van der Waals surface area (Å²) in [5.41, 5.74) is 1.04. The molecule has 1 unspecified atom stereocenters. The van der Waals surface area contributed by atoms with Gasteiger partial charge in [-0.3, -0.25) is 5.41 Å². The molecule has 0 aliphatic carbocycles. The second-order valence-corrected chi connectivity index (χ2v) is 4.50. The van der Waals surface area contributed by atoms with E-state index in [1.807, 2.05) is 24.3 Å². The maximum atomic E-state index is 11.7. The Hall–Kier alpha value is -2.04. The maximum Gasteiger partial charge on any atom is 0.328 e. The summed E-state index contributed by atoms with van der Waals surface area (Å²) in [6.45, 7) is 0.544. The zero-order chi connectivity index (χ0) is 13.8. The first kappa shape index (κ1) is 13.4. The quantitative estimate of drug-likeness (QED) is 0.841. The number of esters is 1. The SMILES string of the molecule is COC(=O)C1CCC(=N)N1Cc1ccc(OC)cc1. The number of methoxy groups -OCH3 is 2. The maximum absolute atomic E-state index is 11.7. The Labute approximate surface area is 112 Å². The zero-order valence-corrected chi connectivity index (χ0v) is 11.2. The van der Waals surface area contributed by atoms with Crippen LogP contribution in [0.5, 0.6) is 5.75 Å². The standard InChI is InChI=1S/C14H18N2O3/c1-18-11-5-3-10(4-6-11)9-16-12(14(17)19-2)7-8-13(16)15/h3-6,12,15H,7-9H2,1-2H3. The van der Waals surface area contributed by atoms with E-state index in [4.69, 9.17) is 14.9 Å². The molecule has 1 aliphatic heterocycles. The minimum absolute atomic E-state index is 0.268. The fraction of sp³-hybridized carbons (Fsp3) is 0.429. The number of rotatable bonds is 4. The van der Waals surface area contributed by atoms with Gasteiger partial charge in [0.15, 0.2) is 0 Å². The van der Waals surface area contributed by atoms with Crippen LogP contribution < -0.4 is 4.74 Å². The third-order valence-electron chi connectivity index (χ3n) is 3.36. The van der Waals surface area contributed by atoms with E-state index in [-0.39, 0.29) is 12.0 Å². The molecule has 0 saturated carbocycles. The van der Waals surface area contributed by atoms with Crippen molar-refractivity contribution >= 4 is 11.8 Å². The Bertz CT molecular complexity index is 470. The van der Waals surface area contributed by atoms with E-state index >= 15 is 0 Å². The molecule has 0 amide bonds. The predicted octanol–water partition coefficient (Wildman–Crippen LogP) is 1.81. The van der Waals surface area contributed by atoms with Gasteiger partial charge in [-0.2, -0.15) is 0 Å². The lowest BCUT2D eigenvalue weighted by atomic mass is 10.2. The van der Waals surface area contributed by atoms with Crippen molar-refractivity contribution in [3.05, 3.63) is 29.8 Å². The molecule has 1 atom stereocenters. The van der Waals surface area contributed by atoms with Crippen molar-refractivity contribution in [3.8, 4) is 5.75 Å². The molecule has 1 fully saturated rings. The molecule has 1 aromatic rings. The Balaban J connectivity index is 2.10. The van der Waals surface area contributed by atoms with E-state index in [9.17, 15) is 4.79 Å². The summed E-state index contributed by atoms with van der Waals surface area (Å²) in [5, 5.41) is 7.93. The summed E-state index contributed by atoms with van der Waals surface area (Å²) in [4.78, 5) is 13.5. The topological polar surface area (TPSA) is 62.6 Å². The van der Waals surface area contributed by atoms with Gasteiger partial charge in [-0.25, -0.2) is 4.79 Å². The van der Waals surface area contributed by atoms with Crippen molar-refractivity contribution < 1.29 is 14.3 Å². The van der Waals surface area contributed by atoms with Crippen LogP contribution in [-0.2, 0) is 16.1 Å². The number of likely N-dealkylation sites (tertiary alicyclic amines) is 1. The molecular formula is C14H18N2O3. The van der Waals surface area contributed by atoms with E-state index < -0.39 is 0 Å². The summed E-state index contributed by atoms with van der Waals surface area (Å²) < 4.78 is 9.90. The summed E-state index contributed by atoms with van der Waals surface area (Å²) in [5.74, 6) is 1.02. The second-order valence-electron chi connectivity index (χ2n) is 4.50. The van der Waals surface area contributed by atoms with Crippen LogP contribution in [0.15, 0.2) is 24.3 Å². The van der Waals surface area contributed by atoms with Crippen LogP contribution in [0.2, 0.25) is 0 Å². The van der Waals surface area contributed by atoms with E-state index in [2.05, 4.69) is 0 Å². The normalized spacial score (nSPS) is 18.5. The molecular weight excluding hydrogens is 244 g/mol. The van der Waals surface area contributed by atoms with Gasteiger partial charge in [0, 0.05) is 13.0 Å². The molecule has 1 N–H and O–H groups in total. The van der Waals surface area contributed by atoms with E-state index in [0.717, 1.165) is 11.3 Å². The molecule has 0 bridgehead atoms. The van der Waals surface area contributed by atoms with Crippen LogP contribution in [0.3, 0.4) is 0 Å². The molecule has 1 aliphatic rings. The van der Waals surface area contributed by atoms with Gasteiger partial charge in [-0.05, 0) is 24.1 Å². The summed E-state index contributed by atoms with van der Waals surface area (Å²) in [7, 11) is 3.01. The summed E-state index contributed by atoms with van der Waals surface area (Å²) in [6.07, 6.45) is 1.28.